The van der Waals surface area contributed by atoms with Gasteiger partial charge >= 0.3 is 5.97 Å². The Morgan fingerprint density at radius 3 is 2.73 bits per heavy atom. The van der Waals surface area contributed by atoms with Gasteiger partial charge in [0.25, 0.3) is 0 Å². The maximum atomic E-state index is 12.3. The summed E-state index contributed by atoms with van der Waals surface area (Å²) in [5.41, 5.74) is 0.917. The average molecular weight is 160 g/mol. The van der Waals surface area contributed by atoms with E-state index in [2.05, 4.69) is 5.43 Å². The van der Waals surface area contributed by atoms with Crippen LogP contribution in [0.1, 0.15) is 0 Å². The van der Waals surface area contributed by atoms with E-state index in [0.717, 1.165) is 0 Å². The molecule has 1 aliphatic rings. The third kappa shape index (κ3) is 1.19. The van der Waals surface area contributed by atoms with Gasteiger partial charge in [0.1, 0.15) is 6.67 Å². The number of hydrogen-bond acceptors (Lipinski definition) is 3. The van der Waals surface area contributed by atoms with Crippen LogP contribution in [0.25, 0.3) is 0 Å². The summed E-state index contributed by atoms with van der Waals surface area (Å²) in [5.74, 6) is -1.21. The highest BCUT2D eigenvalue weighted by atomic mass is 19.1. The van der Waals surface area contributed by atoms with Crippen LogP contribution in [-0.4, -0.2) is 35.3 Å². The number of hydrazine groups is 1. The zero-order chi connectivity index (χ0) is 8.48. The molecule has 1 atom stereocenters. The summed E-state index contributed by atoms with van der Waals surface area (Å²) in [6.07, 6.45) is 2.77. The molecule has 2 N–H and O–H groups in total. The van der Waals surface area contributed by atoms with E-state index in [1.54, 1.807) is 7.05 Å². The minimum absolute atomic E-state index is 0.955. The fourth-order valence-corrected chi connectivity index (χ4v) is 0.879. The molecule has 0 aromatic carbocycles. The number of aliphatic carboxylic acids is 1. The molecule has 0 fully saturated rings. The van der Waals surface area contributed by atoms with E-state index in [9.17, 15) is 9.18 Å². The van der Waals surface area contributed by atoms with E-state index in [0.29, 0.717) is 0 Å². The molecule has 0 amide bonds. The van der Waals surface area contributed by atoms with Gasteiger partial charge in [-0.05, 0) is 6.08 Å². The molecule has 0 saturated heterocycles. The highest BCUT2D eigenvalue weighted by Crippen LogP contribution is 2.14. The number of alkyl halides is 1. The van der Waals surface area contributed by atoms with Crippen molar-refractivity contribution in [2.24, 2.45) is 0 Å². The molecule has 0 spiro atoms. The molecular weight excluding hydrogens is 151 g/mol. The second kappa shape index (κ2) is 2.50. The number of hydrogen-bond donors (Lipinski definition) is 2. The van der Waals surface area contributed by atoms with Crippen LogP contribution in [-0.2, 0) is 4.79 Å². The summed E-state index contributed by atoms with van der Waals surface area (Å²) >= 11 is 0. The molecule has 5 heteroatoms. The molecule has 0 radical (unpaired) electrons. The van der Waals surface area contributed by atoms with E-state index in [-0.39, 0.29) is 0 Å². The average Bonchev–Trinajstić information content (AvgIpc) is 2.33. The summed E-state index contributed by atoms with van der Waals surface area (Å²) < 4.78 is 12.3. The Morgan fingerprint density at radius 1 is 1.91 bits per heavy atom. The van der Waals surface area contributed by atoms with Crippen LogP contribution < -0.4 is 5.43 Å². The second-order valence-corrected chi connectivity index (χ2v) is 2.45. The van der Waals surface area contributed by atoms with E-state index in [4.69, 9.17) is 5.11 Å². The molecule has 0 bridgehead atoms. The fraction of sp³-hybridized carbons (Fsp3) is 0.500. The minimum Gasteiger partial charge on any atom is -0.480 e. The molecule has 0 saturated carbocycles. The van der Waals surface area contributed by atoms with Crippen molar-refractivity contribution in [3.63, 3.8) is 0 Å². The molecule has 11 heavy (non-hydrogen) atoms. The standard InChI is InChI=1S/C6H9FN2O2/c1-9-3-2-6(4-7,8-9)5(10)11/h2-3,8H,4H2,1H3,(H,10,11). The number of halogens is 1. The van der Waals surface area contributed by atoms with Crippen LogP contribution in [0.4, 0.5) is 4.39 Å². The first-order valence-corrected chi connectivity index (χ1v) is 3.10. The van der Waals surface area contributed by atoms with Crippen molar-refractivity contribution in [3.8, 4) is 0 Å². The third-order valence-electron chi connectivity index (χ3n) is 1.55. The Bertz CT molecular complexity index is 207. The normalized spacial score (nSPS) is 29.5. The molecule has 1 unspecified atom stereocenters. The zero-order valence-electron chi connectivity index (χ0n) is 6.04. The Hall–Kier alpha value is -1.10. The first-order valence-electron chi connectivity index (χ1n) is 3.10. The van der Waals surface area contributed by atoms with Crippen molar-refractivity contribution >= 4 is 5.97 Å². The van der Waals surface area contributed by atoms with Crippen LogP contribution >= 0.6 is 0 Å². The first kappa shape index (κ1) is 8.00. The zero-order valence-corrected chi connectivity index (χ0v) is 6.04. The van der Waals surface area contributed by atoms with Crippen LogP contribution in [0.3, 0.4) is 0 Å². The van der Waals surface area contributed by atoms with Crippen LogP contribution in [0.15, 0.2) is 12.3 Å². The van der Waals surface area contributed by atoms with Gasteiger partial charge in [-0.3, -0.25) is 0 Å². The summed E-state index contributed by atoms with van der Waals surface area (Å²) in [5, 5.41) is 10.0. The van der Waals surface area contributed by atoms with E-state index in [1.807, 2.05) is 0 Å². The van der Waals surface area contributed by atoms with Crippen LogP contribution in [0.5, 0.6) is 0 Å². The number of carboxylic acid groups (broad SMARTS) is 1. The van der Waals surface area contributed by atoms with Crippen LogP contribution in [0, 0.1) is 0 Å². The lowest BCUT2D eigenvalue weighted by atomic mass is 10.0. The SMILES string of the molecule is CN1C=CC(CF)(C(=O)O)N1. The largest absolute Gasteiger partial charge is 0.480 e. The highest BCUT2D eigenvalue weighted by molar-refractivity contribution is 5.82. The van der Waals surface area contributed by atoms with Gasteiger partial charge in [0, 0.05) is 13.2 Å². The Kier molecular flexibility index (Phi) is 1.82. The van der Waals surface area contributed by atoms with E-state index in [1.165, 1.54) is 17.3 Å². The van der Waals surface area contributed by atoms with Gasteiger partial charge in [-0.15, -0.1) is 0 Å². The summed E-state index contributed by atoms with van der Waals surface area (Å²) in [6, 6.07) is 0. The van der Waals surface area contributed by atoms with Gasteiger partial charge in [-0.1, -0.05) is 0 Å². The van der Waals surface area contributed by atoms with Gasteiger partial charge in [-0.25, -0.2) is 14.6 Å². The predicted molar refractivity (Wildman–Crippen MR) is 36.4 cm³/mol. The van der Waals surface area contributed by atoms with Crippen molar-refractivity contribution < 1.29 is 14.3 Å². The number of rotatable bonds is 2. The lowest BCUT2D eigenvalue weighted by Crippen LogP contribution is -2.53. The first-order chi connectivity index (χ1) is 5.10. The quantitative estimate of drug-likeness (QED) is 0.584. The molecule has 0 aliphatic carbocycles. The van der Waals surface area contributed by atoms with Crippen molar-refractivity contribution in [1.29, 1.82) is 0 Å². The van der Waals surface area contributed by atoms with Crippen molar-refractivity contribution in [1.82, 2.24) is 10.4 Å². The number of carboxylic acids is 1. The van der Waals surface area contributed by atoms with Gasteiger partial charge in [-0.2, -0.15) is 0 Å². The Balaban J connectivity index is 2.80. The molecule has 1 aliphatic heterocycles. The minimum atomic E-state index is -1.55. The Morgan fingerprint density at radius 2 is 2.55 bits per heavy atom. The monoisotopic (exact) mass is 160 g/mol. The maximum absolute atomic E-state index is 12.3. The number of nitrogens with one attached hydrogen (secondary N) is 1. The summed E-state index contributed by atoms with van der Waals surface area (Å²) in [4.78, 5) is 10.5. The van der Waals surface area contributed by atoms with Gasteiger partial charge in [0.05, 0.1) is 0 Å². The van der Waals surface area contributed by atoms with E-state index < -0.39 is 18.2 Å². The smallest absolute Gasteiger partial charge is 0.332 e. The van der Waals surface area contributed by atoms with Crippen molar-refractivity contribution in [3.05, 3.63) is 12.3 Å². The summed E-state index contributed by atoms with van der Waals surface area (Å²) in [6.45, 7) is -0.955. The van der Waals surface area contributed by atoms with Gasteiger partial charge in [0.15, 0.2) is 5.54 Å². The topological polar surface area (TPSA) is 52.6 Å². The van der Waals surface area contributed by atoms with Crippen molar-refractivity contribution in [2.45, 2.75) is 5.54 Å². The third-order valence-corrected chi connectivity index (χ3v) is 1.55. The van der Waals surface area contributed by atoms with Gasteiger partial charge in [0.2, 0.25) is 0 Å². The lowest BCUT2D eigenvalue weighted by molar-refractivity contribution is -0.144. The predicted octanol–water partition coefficient (Wildman–Crippen LogP) is -0.257. The fourth-order valence-electron chi connectivity index (χ4n) is 0.879. The number of nitrogens with zero attached hydrogens (tertiary/aromatic N) is 1. The summed E-state index contributed by atoms with van der Waals surface area (Å²) in [7, 11) is 1.61. The van der Waals surface area contributed by atoms with E-state index >= 15 is 0 Å². The highest BCUT2D eigenvalue weighted by Gasteiger charge is 2.40. The van der Waals surface area contributed by atoms with Gasteiger partial charge < -0.3 is 10.1 Å². The molecule has 4 nitrogen and oxygen atoms in total. The molecule has 1 heterocycles. The molecule has 62 valence electrons. The molecule has 0 aromatic heterocycles. The van der Waals surface area contributed by atoms with Crippen LogP contribution in [0.2, 0.25) is 0 Å². The second-order valence-electron chi connectivity index (χ2n) is 2.45. The molecule has 0 aromatic rings. The maximum Gasteiger partial charge on any atom is 0.332 e. The number of carbonyl (C=O) groups is 1. The van der Waals surface area contributed by atoms with Crippen molar-refractivity contribution in [2.75, 3.05) is 13.7 Å². The molecule has 1 rings (SSSR count). The Labute approximate surface area is 63.3 Å². The lowest BCUT2D eigenvalue weighted by Gasteiger charge is -2.21. The molecular formula is C6H9FN2O2.